The van der Waals surface area contributed by atoms with E-state index in [2.05, 4.69) is 13.3 Å². The summed E-state index contributed by atoms with van der Waals surface area (Å²) in [6.07, 6.45) is 6.63. The van der Waals surface area contributed by atoms with Gasteiger partial charge in [-0.1, -0.05) is 19.8 Å². The molecule has 0 N–H and O–H groups in total. The summed E-state index contributed by atoms with van der Waals surface area (Å²) in [6.45, 7) is 2.28. The molecule has 1 saturated carbocycles. The van der Waals surface area contributed by atoms with E-state index in [1.165, 1.54) is 19.3 Å². The van der Waals surface area contributed by atoms with Crippen LogP contribution in [0.15, 0.2) is 0 Å². The molecule has 1 atom stereocenters. The topological polar surface area (TPSA) is 0 Å². The van der Waals surface area contributed by atoms with E-state index in [0.29, 0.717) is 0 Å². The molecule has 0 aromatic heterocycles. The normalized spacial score (nSPS) is 25.9. The van der Waals surface area contributed by atoms with Gasteiger partial charge in [-0.05, 0) is 0 Å². The molecule has 1 heteroatoms. The van der Waals surface area contributed by atoms with Crippen molar-refractivity contribution < 1.29 is 17.1 Å². The Labute approximate surface area is 63.5 Å². The van der Waals surface area contributed by atoms with Crippen LogP contribution in [0.5, 0.6) is 0 Å². The molecular weight excluding hydrogens is 140 g/mol. The van der Waals surface area contributed by atoms with Gasteiger partial charge in [0, 0.05) is 0 Å². The van der Waals surface area contributed by atoms with Crippen molar-refractivity contribution in [3.05, 3.63) is 13.8 Å². The van der Waals surface area contributed by atoms with Gasteiger partial charge in [0.1, 0.15) is 0 Å². The fraction of sp³-hybridized carbons (Fsp3) is 0.714. The predicted octanol–water partition coefficient (Wildman–Crippen LogP) is 2.46. The van der Waals surface area contributed by atoms with Crippen molar-refractivity contribution >= 4 is 0 Å². The summed E-state index contributed by atoms with van der Waals surface area (Å²) < 4.78 is 0. The maximum Gasteiger partial charge on any atom is 2.00 e. The van der Waals surface area contributed by atoms with Crippen LogP contribution in [0.2, 0.25) is 0 Å². The van der Waals surface area contributed by atoms with Crippen LogP contribution in [0, 0.1) is 19.8 Å². The Morgan fingerprint density at radius 2 is 2.12 bits per heavy atom. The maximum absolute atomic E-state index is 2.40. The summed E-state index contributed by atoms with van der Waals surface area (Å²) in [5.74, 6) is 0.921. The Bertz CT molecular complexity index is 37.7. The van der Waals surface area contributed by atoms with Crippen LogP contribution in [0.4, 0.5) is 0 Å². The molecule has 0 nitrogen and oxygen atoms in total. The van der Waals surface area contributed by atoms with Crippen molar-refractivity contribution in [2.24, 2.45) is 5.92 Å². The van der Waals surface area contributed by atoms with Crippen molar-refractivity contribution in [1.82, 2.24) is 0 Å². The third-order valence-electron chi connectivity index (χ3n) is 1.43. The van der Waals surface area contributed by atoms with E-state index in [0.717, 1.165) is 5.92 Å². The summed E-state index contributed by atoms with van der Waals surface area (Å²) in [5, 5.41) is 0. The Balaban J connectivity index is 0. The number of hydrogen-bond acceptors (Lipinski definition) is 0. The van der Waals surface area contributed by atoms with E-state index in [-0.39, 0.29) is 24.5 Å². The van der Waals surface area contributed by atoms with E-state index < -0.39 is 0 Å². The molecule has 0 heterocycles. The van der Waals surface area contributed by atoms with Crippen LogP contribution < -0.4 is 0 Å². The zero-order valence-corrected chi connectivity index (χ0v) is 6.73. The molecule has 0 aromatic carbocycles. The van der Waals surface area contributed by atoms with Crippen LogP contribution >= 0.6 is 0 Å². The summed E-state index contributed by atoms with van der Waals surface area (Å²) in [7, 11) is 0. The Morgan fingerprint density at radius 1 is 1.50 bits per heavy atom. The van der Waals surface area contributed by atoms with E-state index in [1.54, 1.807) is 0 Å². The van der Waals surface area contributed by atoms with Gasteiger partial charge < -0.3 is 13.8 Å². The SMILES string of the molecule is C[C@@H]1[CH-]CCC1.[CH3-].[Fe+2]. The molecule has 0 saturated heterocycles. The van der Waals surface area contributed by atoms with Crippen LogP contribution in [0.25, 0.3) is 0 Å². The van der Waals surface area contributed by atoms with Crippen molar-refractivity contribution in [3.8, 4) is 0 Å². The van der Waals surface area contributed by atoms with Crippen LogP contribution in [-0.4, -0.2) is 0 Å². The van der Waals surface area contributed by atoms with Gasteiger partial charge in [-0.2, -0.15) is 12.3 Å². The second-order valence-corrected chi connectivity index (χ2v) is 2.14. The summed E-state index contributed by atoms with van der Waals surface area (Å²) in [6, 6.07) is 0. The zero-order chi connectivity index (χ0) is 4.41. The van der Waals surface area contributed by atoms with Gasteiger partial charge >= 0.3 is 17.1 Å². The third-order valence-corrected chi connectivity index (χ3v) is 1.43. The summed E-state index contributed by atoms with van der Waals surface area (Å²) >= 11 is 0. The molecular formula is C7H14Fe. The molecule has 0 radical (unpaired) electrons. The van der Waals surface area contributed by atoms with Crippen molar-refractivity contribution in [2.45, 2.75) is 26.2 Å². The van der Waals surface area contributed by atoms with E-state index in [9.17, 15) is 0 Å². The molecule has 0 amide bonds. The van der Waals surface area contributed by atoms with Crippen LogP contribution in [0.3, 0.4) is 0 Å². The largest absolute Gasteiger partial charge is 2.00 e. The minimum absolute atomic E-state index is 0. The average Bonchev–Trinajstić information content (AvgIpc) is 1.86. The predicted molar refractivity (Wildman–Crippen MR) is 33.7 cm³/mol. The molecule has 0 bridgehead atoms. The first-order valence-corrected chi connectivity index (χ1v) is 2.73. The second kappa shape index (κ2) is 5.65. The Kier molecular flexibility index (Phi) is 8.01. The average molecular weight is 154 g/mol. The molecule has 0 aliphatic heterocycles. The van der Waals surface area contributed by atoms with Crippen molar-refractivity contribution in [3.63, 3.8) is 0 Å². The molecule has 8 heavy (non-hydrogen) atoms. The molecule has 1 fully saturated rings. The zero-order valence-electron chi connectivity index (χ0n) is 5.63. The van der Waals surface area contributed by atoms with E-state index >= 15 is 0 Å². The molecule has 0 aromatic rings. The van der Waals surface area contributed by atoms with Gasteiger partial charge in [-0.25, -0.2) is 0 Å². The van der Waals surface area contributed by atoms with Gasteiger partial charge in [-0.3, -0.25) is 0 Å². The van der Waals surface area contributed by atoms with Gasteiger partial charge in [0.05, 0.1) is 0 Å². The van der Waals surface area contributed by atoms with E-state index in [4.69, 9.17) is 0 Å². The molecule has 1 aliphatic rings. The van der Waals surface area contributed by atoms with E-state index in [1.807, 2.05) is 0 Å². The monoisotopic (exact) mass is 154 g/mol. The first-order chi connectivity index (χ1) is 2.89. The van der Waals surface area contributed by atoms with Crippen molar-refractivity contribution in [1.29, 1.82) is 0 Å². The fourth-order valence-electron chi connectivity index (χ4n) is 0.960. The maximum atomic E-state index is 2.40. The first-order valence-electron chi connectivity index (χ1n) is 2.73. The van der Waals surface area contributed by atoms with Gasteiger partial charge in [-0.15, -0.1) is 0 Å². The van der Waals surface area contributed by atoms with Crippen LogP contribution in [0.1, 0.15) is 26.2 Å². The number of rotatable bonds is 0. The minimum Gasteiger partial charge on any atom is -0.358 e. The standard InChI is InChI=1S/C6H11.CH3.Fe/c1-6-4-2-3-5-6;;/h4,6H,2-3,5H2,1H3;1H3;/q2*-1;+2/t6-;;/m1../s1. The minimum atomic E-state index is 0. The van der Waals surface area contributed by atoms with Gasteiger partial charge in [0.15, 0.2) is 0 Å². The number of hydrogen-bond donors (Lipinski definition) is 0. The molecule has 50 valence electrons. The van der Waals surface area contributed by atoms with Gasteiger partial charge in [0.25, 0.3) is 0 Å². The molecule has 0 spiro atoms. The quantitative estimate of drug-likeness (QED) is 0.371. The summed E-state index contributed by atoms with van der Waals surface area (Å²) in [4.78, 5) is 0. The first kappa shape index (κ1) is 11.3. The molecule has 0 unspecified atom stereocenters. The third kappa shape index (κ3) is 3.51. The fourth-order valence-corrected chi connectivity index (χ4v) is 0.960. The van der Waals surface area contributed by atoms with Gasteiger partial charge in [0.2, 0.25) is 0 Å². The summed E-state index contributed by atoms with van der Waals surface area (Å²) in [5.41, 5.74) is 0. The van der Waals surface area contributed by atoms with Crippen molar-refractivity contribution in [2.75, 3.05) is 0 Å². The molecule has 1 aliphatic carbocycles. The second-order valence-electron chi connectivity index (χ2n) is 2.14. The van der Waals surface area contributed by atoms with Crippen LogP contribution in [-0.2, 0) is 17.1 Å². The molecule has 1 rings (SSSR count). The smallest absolute Gasteiger partial charge is 0.358 e. The Hall–Kier alpha value is 0.519. The Morgan fingerprint density at radius 3 is 2.25 bits per heavy atom.